The van der Waals surface area contributed by atoms with Gasteiger partial charge < -0.3 is 5.73 Å². The van der Waals surface area contributed by atoms with E-state index in [4.69, 9.17) is 5.73 Å². The first-order chi connectivity index (χ1) is 2.41. The van der Waals surface area contributed by atoms with E-state index in [1.165, 1.54) is 0 Å². The molecule has 0 heterocycles. The van der Waals surface area contributed by atoms with Crippen molar-refractivity contribution < 1.29 is 0 Å². The molecular weight excluding hydrogens is 135 g/mol. The van der Waals surface area contributed by atoms with Gasteiger partial charge in [0.1, 0.15) is 0 Å². The van der Waals surface area contributed by atoms with Crippen LogP contribution < -0.4 is 5.73 Å². The number of hydrogen-bond acceptors (Lipinski definition) is 1. The third-order valence-electron chi connectivity index (χ3n) is 0.454. The molecule has 0 saturated heterocycles. The molecule has 1 radical (unpaired) electrons. The Morgan fingerprint density at radius 1 is 1.50 bits per heavy atom. The Labute approximate surface area is 50.3 Å². The van der Waals surface area contributed by atoms with Crippen molar-refractivity contribution in [2.24, 2.45) is 5.73 Å². The molecule has 0 saturated carbocycles. The minimum atomic E-state index is 0. The minimum absolute atomic E-state index is 0. The van der Waals surface area contributed by atoms with Gasteiger partial charge in [0.05, 0.1) is 0 Å². The molecule has 0 aliphatic carbocycles. The molecule has 1 nitrogen and oxygen atoms in total. The number of rotatable bonds is 2. The molecule has 0 bridgehead atoms. The first kappa shape index (κ1) is 9.71. The zero-order chi connectivity index (χ0) is 4.12. The average Bonchev–Trinajstić information content (AvgIpc) is 1.41. The van der Waals surface area contributed by atoms with Gasteiger partial charge in [0.25, 0.3) is 0 Å². The predicted octanol–water partition coefficient (Wildman–Crippen LogP) is -0.892. The zero-order valence-electron chi connectivity index (χ0n) is 3.41. The summed E-state index contributed by atoms with van der Waals surface area (Å²) in [6.45, 7) is 4.38. The zero-order valence-corrected chi connectivity index (χ0v) is 3.41. The van der Waals surface area contributed by atoms with E-state index in [1.807, 2.05) is 0 Å². The predicted molar refractivity (Wildman–Crippen MR) is 35.0 cm³/mol. The van der Waals surface area contributed by atoms with Crippen LogP contribution in [0.3, 0.4) is 0 Å². The fraction of sp³-hybridized carbons (Fsp3) is 0.750. The summed E-state index contributed by atoms with van der Waals surface area (Å²) < 4.78 is 0. The quantitative estimate of drug-likeness (QED) is 0.506. The molecule has 0 amide bonds. The third-order valence-corrected chi connectivity index (χ3v) is 0.454. The van der Waals surface area contributed by atoms with Crippen LogP contribution in [-0.2, 0) is 0 Å². The second-order valence-corrected chi connectivity index (χ2v) is 0.996. The van der Waals surface area contributed by atoms with Crippen molar-refractivity contribution in [1.82, 2.24) is 0 Å². The molecule has 0 fully saturated rings. The molecule has 0 aromatic rings. The van der Waals surface area contributed by atoms with Crippen molar-refractivity contribution in [3.8, 4) is 0 Å². The summed E-state index contributed by atoms with van der Waals surface area (Å²) in [5, 5.41) is 0. The molecule has 0 rings (SSSR count). The van der Waals surface area contributed by atoms with E-state index >= 15 is 0 Å². The van der Waals surface area contributed by atoms with Crippen LogP contribution >= 0.6 is 0 Å². The van der Waals surface area contributed by atoms with Gasteiger partial charge in [0.2, 0.25) is 0 Å². The molecule has 0 unspecified atom stereocenters. The van der Waals surface area contributed by atoms with Gasteiger partial charge in [0.15, 0.2) is 0 Å². The van der Waals surface area contributed by atoms with Crippen molar-refractivity contribution in [3.05, 3.63) is 6.92 Å². The summed E-state index contributed by atoms with van der Waals surface area (Å²) >= 11 is 0. The van der Waals surface area contributed by atoms with E-state index in [2.05, 4.69) is 6.92 Å². The Morgan fingerprint density at radius 2 is 2.00 bits per heavy atom. The Balaban J connectivity index is 0. The Morgan fingerprint density at radius 3 is 2.00 bits per heavy atom. The fourth-order valence-corrected chi connectivity index (χ4v) is 0.144. The SMILES string of the molecule is [CH2]CCCN.[GeH4]. The molecule has 0 aromatic heterocycles. The van der Waals surface area contributed by atoms with Crippen LogP contribution in [0.1, 0.15) is 12.8 Å². The first-order valence-corrected chi connectivity index (χ1v) is 1.91. The molecule has 0 aromatic carbocycles. The third kappa shape index (κ3) is 8.82. The van der Waals surface area contributed by atoms with Gasteiger partial charge in [-0.3, -0.25) is 0 Å². The van der Waals surface area contributed by atoms with E-state index < -0.39 is 0 Å². The van der Waals surface area contributed by atoms with Gasteiger partial charge in [-0.2, -0.15) is 0 Å². The summed E-state index contributed by atoms with van der Waals surface area (Å²) in [5.41, 5.74) is 5.10. The van der Waals surface area contributed by atoms with E-state index in [0.717, 1.165) is 19.4 Å². The average molecular weight is 149 g/mol. The molecule has 0 spiro atoms. The van der Waals surface area contributed by atoms with Gasteiger partial charge >= 0.3 is 17.6 Å². The molecule has 6 heavy (non-hydrogen) atoms. The first-order valence-electron chi connectivity index (χ1n) is 1.91. The second-order valence-electron chi connectivity index (χ2n) is 0.996. The molecule has 0 atom stereocenters. The van der Waals surface area contributed by atoms with E-state index in [9.17, 15) is 0 Å². The number of unbranched alkanes of at least 4 members (excludes halogenated alkanes) is 1. The Bertz CT molecular complexity index is 15.0. The normalized spacial score (nSPS) is 7.00. The van der Waals surface area contributed by atoms with Crippen molar-refractivity contribution in [2.75, 3.05) is 6.54 Å². The van der Waals surface area contributed by atoms with E-state index in [1.54, 1.807) is 0 Å². The summed E-state index contributed by atoms with van der Waals surface area (Å²) in [6, 6.07) is 0. The van der Waals surface area contributed by atoms with Crippen LogP contribution in [0.25, 0.3) is 0 Å². The number of nitrogens with two attached hydrogens (primary N) is 1. The van der Waals surface area contributed by atoms with Crippen molar-refractivity contribution >= 4 is 17.6 Å². The van der Waals surface area contributed by atoms with Gasteiger partial charge in [-0.25, -0.2) is 0 Å². The van der Waals surface area contributed by atoms with Gasteiger partial charge in [-0.15, -0.1) is 0 Å². The van der Waals surface area contributed by atoms with Crippen LogP contribution in [-0.4, -0.2) is 24.1 Å². The van der Waals surface area contributed by atoms with Crippen LogP contribution in [0.4, 0.5) is 0 Å². The monoisotopic (exact) mass is 150 g/mol. The van der Waals surface area contributed by atoms with E-state index in [0.29, 0.717) is 0 Å². The standard InChI is InChI=1S/C4H10N.GeH4/c1-2-3-4-5;/h1-5H2;1H4. The fourth-order valence-electron chi connectivity index (χ4n) is 0.144. The summed E-state index contributed by atoms with van der Waals surface area (Å²) in [7, 11) is 0. The topological polar surface area (TPSA) is 26.0 Å². The maximum absolute atomic E-state index is 5.10. The summed E-state index contributed by atoms with van der Waals surface area (Å²) in [5.74, 6) is 0. The van der Waals surface area contributed by atoms with Gasteiger partial charge in [0, 0.05) is 0 Å². The van der Waals surface area contributed by atoms with Crippen LogP contribution in [0.5, 0.6) is 0 Å². The second kappa shape index (κ2) is 9.09. The molecular formula is C4H14GeN. The van der Waals surface area contributed by atoms with Crippen LogP contribution in [0.2, 0.25) is 0 Å². The molecule has 2 heteroatoms. The maximum atomic E-state index is 5.10. The Hall–Kier alpha value is 0.503. The molecule has 0 aliphatic rings. The van der Waals surface area contributed by atoms with Gasteiger partial charge in [-0.1, -0.05) is 13.3 Å². The van der Waals surface area contributed by atoms with Gasteiger partial charge in [-0.05, 0) is 13.0 Å². The molecule has 39 valence electrons. The summed E-state index contributed by atoms with van der Waals surface area (Å²) in [6.07, 6.45) is 2.02. The van der Waals surface area contributed by atoms with Crippen molar-refractivity contribution in [1.29, 1.82) is 0 Å². The number of hydrogen-bond donors (Lipinski definition) is 1. The molecule has 0 aliphatic heterocycles. The molecule has 2 N–H and O–H groups in total. The van der Waals surface area contributed by atoms with Crippen molar-refractivity contribution in [3.63, 3.8) is 0 Å². The van der Waals surface area contributed by atoms with E-state index in [-0.39, 0.29) is 17.6 Å². The Kier molecular flexibility index (Phi) is 14.7. The summed E-state index contributed by atoms with van der Waals surface area (Å²) in [4.78, 5) is 0. The van der Waals surface area contributed by atoms with Crippen LogP contribution in [0.15, 0.2) is 0 Å². The van der Waals surface area contributed by atoms with Crippen molar-refractivity contribution in [2.45, 2.75) is 12.8 Å². The van der Waals surface area contributed by atoms with Crippen LogP contribution in [0, 0.1) is 6.92 Å².